The Morgan fingerprint density at radius 2 is 2.32 bits per heavy atom. The van der Waals surface area contributed by atoms with Gasteiger partial charge < -0.3 is 5.32 Å². The average Bonchev–Trinajstić information content (AvgIpc) is 2.97. The molecule has 98 valence electrons. The van der Waals surface area contributed by atoms with Crippen LogP contribution in [0.2, 0.25) is 0 Å². The first-order valence-corrected chi connectivity index (χ1v) is 7.69. The van der Waals surface area contributed by atoms with Crippen LogP contribution in [0.1, 0.15) is 11.8 Å². The van der Waals surface area contributed by atoms with Gasteiger partial charge in [0.05, 0.1) is 0 Å². The van der Waals surface area contributed by atoms with E-state index in [1.54, 1.807) is 15.9 Å². The van der Waals surface area contributed by atoms with E-state index in [-0.39, 0.29) is 0 Å². The van der Waals surface area contributed by atoms with E-state index in [2.05, 4.69) is 55.8 Å². The van der Waals surface area contributed by atoms with Crippen molar-refractivity contribution in [3.8, 4) is 0 Å². The van der Waals surface area contributed by atoms with Crippen LogP contribution in [0.4, 0.5) is 5.95 Å². The van der Waals surface area contributed by atoms with E-state index in [0.29, 0.717) is 12.0 Å². The Morgan fingerprint density at radius 1 is 1.42 bits per heavy atom. The second-order valence-corrected chi connectivity index (χ2v) is 6.36. The average molecular weight is 337 g/mol. The Morgan fingerprint density at radius 3 is 3.11 bits per heavy atom. The summed E-state index contributed by atoms with van der Waals surface area (Å²) in [5.74, 6) is 0.669. The monoisotopic (exact) mass is 336 g/mol. The number of hydrogen-bond acceptors (Lipinski definition) is 4. The van der Waals surface area contributed by atoms with Crippen LogP contribution in [0.25, 0.3) is 5.65 Å². The Labute approximate surface area is 123 Å². The second kappa shape index (κ2) is 5.30. The molecule has 1 atom stereocenters. The number of thiophene rings is 1. The van der Waals surface area contributed by atoms with Crippen LogP contribution in [0.5, 0.6) is 0 Å². The lowest BCUT2D eigenvalue weighted by atomic mass is 10.2. The third-order valence-corrected chi connectivity index (χ3v) is 4.13. The molecule has 1 N–H and O–H groups in total. The molecule has 0 aromatic carbocycles. The van der Waals surface area contributed by atoms with Gasteiger partial charge in [-0.2, -0.15) is 4.98 Å². The van der Waals surface area contributed by atoms with E-state index in [1.807, 2.05) is 18.3 Å². The van der Waals surface area contributed by atoms with Crippen LogP contribution in [-0.4, -0.2) is 20.6 Å². The smallest absolute Gasteiger partial charge is 0.243 e. The van der Waals surface area contributed by atoms with Crippen LogP contribution < -0.4 is 5.32 Å². The predicted octanol–water partition coefficient (Wildman–Crippen LogP) is 3.60. The summed E-state index contributed by atoms with van der Waals surface area (Å²) in [6.07, 6.45) is 2.88. The maximum atomic E-state index is 4.45. The van der Waals surface area contributed by atoms with Gasteiger partial charge in [-0.25, -0.2) is 4.52 Å². The van der Waals surface area contributed by atoms with Gasteiger partial charge in [-0.15, -0.1) is 16.4 Å². The lowest BCUT2D eigenvalue weighted by Crippen LogP contribution is -2.18. The van der Waals surface area contributed by atoms with Crippen molar-refractivity contribution in [1.82, 2.24) is 14.6 Å². The second-order valence-electron chi connectivity index (χ2n) is 4.41. The quantitative estimate of drug-likeness (QED) is 0.791. The summed E-state index contributed by atoms with van der Waals surface area (Å²) < 4.78 is 2.76. The van der Waals surface area contributed by atoms with Gasteiger partial charge in [0.25, 0.3) is 0 Å². The molecule has 3 rings (SSSR count). The highest BCUT2D eigenvalue weighted by Crippen LogP contribution is 2.15. The summed E-state index contributed by atoms with van der Waals surface area (Å²) in [6, 6.07) is 8.43. The Hall–Kier alpha value is -1.40. The van der Waals surface area contributed by atoms with Gasteiger partial charge >= 0.3 is 0 Å². The van der Waals surface area contributed by atoms with Gasteiger partial charge in [0.2, 0.25) is 5.95 Å². The van der Waals surface area contributed by atoms with E-state index in [0.717, 1.165) is 16.5 Å². The van der Waals surface area contributed by atoms with Crippen LogP contribution in [0.3, 0.4) is 0 Å². The fourth-order valence-electron chi connectivity index (χ4n) is 1.92. The molecule has 0 radical (unpaired) electrons. The van der Waals surface area contributed by atoms with Crippen molar-refractivity contribution in [2.45, 2.75) is 19.4 Å². The molecular weight excluding hydrogens is 324 g/mol. The van der Waals surface area contributed by atoms with E-state index in [4.69, 9.17) is 0 Å². The molecule has 3 heterocycles. The highest BCUT2D eigenvalue weighted by molar-refractivity contribution is 9.10. The Balaban J connectivity index is 1.74. The molecule has 0 aliphatic heterocycles. The molecule has 0 amide bonds. The minimum absolute atomic E-state index is 0.305. The van der Waals surface area contributed by atoms with Gasteiger partial charge in [-0.05, 0) is 46.4 Å². The number of rotatable bonds is 4. The van der Waals surface area contributed by atoms with E-state index < -0.39 is 0 Å². The SMILES string of the molecule is CC(Cc1cccs1)Nc1nc2ccc(Br)cn2n1. The minimum atomic E-state index is 0.305. The first-order valence-electron chi connectivity index (χ1n) is 6.01. The summed E-state index contributed by atoms with van der Waals surface area (Å²) in [5, 5.41) is 9.85. The number of fused-ring (bicyclic) bond motifs is 1. The molecule has 0 spiro atoms. The van der Waals surface area contributed by atoms with Crippen molar-refractivity contribution in [2.24, 2.45) is 0 Å². The highest BCUT2D eigenvalue weighted by atomic mass is 79.9. The maximum absolute atomic E-state index is 4.45. The molecule has 3 aromatic rings. The van der Waals surface area contributed by atoms with Crippen molar-refractivity contribution in [1.29, 1.82) is 0 Å². The maximum Gasteiger partial charge on any atom is 0.243 e. The minimum Gasteiger partial charge on any atom is -0.350 e. The molecule has 0 saturated heterocycles. The molecule has 0 aliphatic carbocycles. The van der Waals surface area contributed by atoms with Gasteiger partial charge in [0.1, 0.15) is 0 Å². The molecule has 19 heavy (non-hydrogen) atoms. The Bertz CT molecular complexity index is 677. The topological polar surface area (TPSA) is 42.2 Å². The van der Waals surface area contributed by atoms with Crippen molar-refractivity contribution in [3.05, 3.63) is 45.2 Å². The third kappa shape index (κ3) is 2.96. The zero-order valence-electron chi connectivity index (χ0n) is 10.4. The van der Waals surface area contributed by atoms with Crippen molar-refractivity contribution in [3.63, 3.8) is 0 Å². The highest BCUT2D eigenvalue weighted by Gasteiger charge is 2.08. The zero-order chi connectivity index (χ0) is 13.2. The number of nitrogens with zero attached hydrogens (tertiary/aromatic N) is 3. The number of anilines is 1. The fraction of sp³-hybridized carbons (Fsp3) is 0.231. The largest absolute Gasteiger partial charge is 0.350 e. The zero-order valence-corrected chi connectivity index (χ0v) is 12.8. The predicted molar refractivity (Wildman–Crippen MR) is 81.8 cm³/mol. The van der Waals surface area contributed by atoms with E-state index in [9.17, 15) is 0 Å². The van der Waals surface area contributed by atoms with Crippen molar-refractivity contribution >= 4 is 38.9 Å². The lowest BCUT2D eigenvalue weighted by molar-refractivity contribution is 0.784. The molecule has 0 fully saturated rings. The molecular formula is C13H13BrN4S. The molecule has 6 heteroatoms. The van der Waals surface area contributed by atoms with Crippen LogP contribution in [0.15, 0.2) is 40.3 Å². The number of hydrogen-bond donors (Lipinski definition) is 1. The first kappa shape index (κ1) is 12.6. The van der Waals surface area contributed by atoms with Gasteiger partial charge in [-0.3, -0.25) is 0 Å². The number of halogens is 1. The molecule has 1 unspecified atom stereocenters. The number of pyridine rings is 1. The van der Waals surface area contributed by atoms with E-state index >= 15 is 0 Å². The normalized spacial score (nSPS) is 12.7. The standard InChI is InChI=1S/C13H13BrN4S/c1-9(7-11-3-2-6-19-11)15-13-16-12-5-4-10(14)8-18(12)17-13/h2-6,8-9H,7H2,1H3,(H,15,17). The third-order valence-electron chi connectivity index (χ3n) is 2.76. The molecule has 0 bridgehead atoms. The van der Waals surface area contributed by atoms with Gasteiger partial charge in [-0.1, -0.05) is 6.07 Å². The van der Waals surface area contributed by atoms with Gasteiger partial charge in [0, 0.05) is 28.0 Å². The van der Waals surface area contributed by atoms with Crippen LogP contribution >= 0.6 is 27.3 Å². The summed E-state index contributed by atoms with van der Waals surface area (Å²) in [7, 11) is 0. The number of aromatic nitrogens is 3. The summed E-state index contributed by atoms with van der Waals surface area (Å²) in [5.41, 5.74) is 0.842. The van der Waals surface area contributed by atoms with Crippen molar-refractivity contribution in [2.75, 3.05) is 5.32 Å². The summed E-state index contributed by atoms with van der Waals surface area (Å²) in [4.78, 5) is 5.81. The molecule has 3 aromatic heterocycles. The summed E-state index contributed by atoms with van der Waals surface area (Å²) >= 11 is 5.20. The molecule has 4 nitrogen and oxygen atoms in total. The van der Waals surface area contributed by atoms with E-state index in [1.165, 1.54) is 4.88 Å². The fourth-order valence-corrected chi connectivity index (χ4v) is 3.08. The first-order chi connectivity index (χ1) is 9.20. The Kier molecular flexibility index (Phi) is 3.52. The van der Waals surface area contributed by atoms with Crippen LogP contribution in [-0.2, 0) is 6.42 Å². The van der Waals surface area contributed by atoms with Gasteiger partial charge in [0.15, 0.2) is 5.65 Å². The van der Waals surface area contributed by atoms with Crippen molar-refractivity contribution < 1.29 is 0 Å². The number of nitrogens with one attached hydrogen (secondary N) is 1. The van der Waals surface area contributed by atoms with Crippen LogP contribution in [0, 0.1) is 0 Å². The lowest BCUT2D eigenvalue weighted by Gasteiger charge is -2.10. The summed E-state index contributed by atoms with van der Waals surface area (Å²) in [6.45, 7) is 2.14. The molecule has 0 saturated carbocycles. The molecule has 0 aliphatic rings.